The summed E-state index contributed by atoms with van der Waals surface area (Å²) in [6, 6.07) is 23.6. The zero-order valence-electron chi connectivity index (χ0n) is 18.1. The number of aryl methyl sites for hydroxylation is 2. The number of benzene rings is 3. The van der Waals surface area contributed by atoms with Crippen LogP contribution in [0.15, 0.2) is 78.0 Å². The average Bonchev–Trinajstić information content (AvgIpc) is 3.13. The molecule has 4 aromatic rings. The third-order valence-corrected chi connectivity index (χ3v) is 6.64. The summed E-state index contributed by atoms with van der Waals surface area (Å²) in [6.45, 7) is 0. The van der Waals surface area contributed by atoms with Crippen LogP contribution in [0.4, 0.5) is 11.4 Å². The second-order valence-electron chi connectivity index (χ2n) is 7.68. The molecule has 1 aliphatic heterocycles. The van der Waals surface area contributed by atoms with Gasteiger partial charge >= 0.3 is 0 Å². The molecule has 3 aromatic carbocycles. The van der Waals surface area contributed by atoms with E-state index < -0.39 is 0 Å². The van der Waals surface area contributed by atoms with Crippen LogP contribution in [-0.2, 0) is 17.6 Å². The SMILES string of the molecule is COc1ccc(-c2nnc(SCC(=O)N3c4ccccc4CCc4ccccc43)n2N)cc1. The minimum absolute atomic E-state index is 0.0317. The highest BCUT2D eigenvalue weighted by Crippen LogP contribution is 2.36. The summed E-state index contributed by atoms with van der Waals surface area (Å²) in [5.74, 6) is 7.69. The number of hydrogen-bond acceptors (Lipinski definition) is 6. The zero-order chi connectivity index (χ0) is 22.8. The summed E-state index contributed by atoms with van der Waals surface area (Å²) >= 11 is 1.28. The van der Waals surface area contributed by atoms with Crippen LogP contribution in [0.3, 0.4) is 0 Å². The molecule has 1 aromatic heterocycles. The summed E-state index contributed by atoms with van der Waals surface area (Å²) in [4.78, 5) is 15.3. The Balaban J connectivity index is 1.39. The maximum Gasteiger partial charge on any atom is 0.242 e. The van der Waals surface area contributed by atoms with Gasteiger partial charge in [-0.3, -0.25) is 9.69 Å². The molecule has 166 valence electrons. The van der Waals surface area contributed by atoms with Crippen molar-refractivity contribution in [3.05, 3.63) is 83.9 Å². The number of fused-ring (bicyclic) bond motifs is 2. The topological polar surface area (TPSA) is 86.3 Å². The molecular formula is C25H23N5O2S. The molecular weight excluding hydrogens is 434 g/mol. The maximum atomic E-state index is 13.5. The fraction of sp³-hybridized carbons (Fsp3) is 0.160. The summed E-state index contributed by atoms with van der Waals surface area (Å²) in [6.07, 6.45) is 1.79. The minimum Gasteiger partial charge on any atom is -0.497 e. The average molecular weight is 458 g/mol. The molecule has 0 aliphatic carbocycles. The largest absolute Gasteiger partial charge is 0.497 e. The Bertz CT molecular complexity index is 1250. The number of para-hydroxylation sites is 2. The Kier molecular flexibility index (Phi) is 5.75. The Morgan fingerprint density at radius 2 is 1.55 bits per heavy atom. The summed E-state index contributed by atoms with van der Waals surface area (Å²) in [5, 5.41) is 8.91. The number of aromatic nitrogens is 3. The first-order chi connectivity index (χ1) is 16.2. The number of anilines is 2. The Morgan fingerprint density at radius 3 is 2.15 bits per heavy atom. The molecule has 0 fully saturated rings. The molecule has 0 spiro atoms. The molecule has 0 saturated carbocycles. The van der Waals surface area contributed by atoms with Crippen molar-refractivity contribution in [2.75, 3.05) is 23.6 Å². The third kappa shape index (κ3) is 4.05. The smallest absolute Gasteiger partial charge is 0.242 e. The monoisotopic (exact) mass is 457 g/mol. The first-order valence-corrected chi connectivity index (χ1v) is 11.6. The molecule has 0 bridgehead atoms. The summed E-state index contributed by atoms with van der Waals surface area (Å²) in [5.41, 5.74) is 5.01. The van der Waals surface area contributed by atoms with Gasteiger partial charge in [0, 0.05) is 5.56 Å². The van der Waals surface area contributed by atoms with E-state index in [-0.39, 0.29) is 11.7 Å². The van der Waals surface area contributed by atoms with Crippen molar-refractivity contribution in [3.63, 3.8) is 0 Å². The molecule has 33 heavy (non-hydrogen) atoms. The standard InChI is InChI=1S/C25H23N5O2S/c1-32-20-14-12-19(13-15-20)24-27-28-25(30(24)26)33-16-23(31)29-21-8-4-2-6-17(21)10-11-18-7-3-5-9-22(18)29/h2-9,12-15H,10-11,16,26H2,1H3. The van der Waals surface area contributed by atoms with Crippen LogP contribution in [0.1, 0.15) is 11.1 Å². The molecule has 1 aliphatic rings. The number of nitrogens with two attached hydrogens (primary N) is 1. The van der Waals surface area contributed by atoms with Crippen molar-refractivity contribution < 1.29 is 9.53 Å². The van der Waals surface area contributed by atoms with E-state index in [9.17, 15) is 4.79 Å². The van der Waals surface area contributed by atoms with E-state index in [0.717, 1.165) is 46.7 Å². The van der Waals surface area contributed by atoms with Gasteiger partial charge in [0.25, 0.3) is 0 Å². The lowest BCUT2D eigenvalue weighted by Gasteiger charge is -2.24. The Morgan fingerprint density at radius 1 is 0.939 bits per heavy atom. The van der Waals surface area contributed by atoms with Gasteiger partial charge in [-0.1, -0.05) is 48.2 Å². The quantitative estimate of drug-likeness (QED) is 0.357. The molecule has 0 radical (unpaired) electrons. The molecule has 0 unspecified atom stereocenters. The van der Waals surface area contributed by atoms with Crippen molar-refractivity contribution in [1.29, 1.82) is 0 Å². The molecule has 5 rings (SSSR count). The highest BCUT2D eigenvalue weighted by Gasteiger charge is 2.26. The van der Waals surface area contributed by atoms with Crippen molar-refractivity contribution in [2.24, 2.45) is 0 Å². The number of hydrogen-bond donors (Lipinski definition) is 1. The van der Waals surface area contributed by atoms with E-state index in [1.165, 1.54) is 16.4 Å². The molecule has 1 amide bonds. The number of carbonyl (C=O) groups is 1. The molecule has 7 nitrogen and oxygen atoms in total. The number of rotatable bonds is 5. The van der Waals surface area contributed by atoms with Gasteiger partial charge < -0.3 is 10.6 Å². The number of nitrogen functional groups attached to an aromatic ring is 1. The predicted molar refractivity (Wildman–Crippen MR) is 130 cm³/mol. The first kappa shape index (κ1) is 21.1. The second kappa shape index (κ2) is 8.99. The van der Waals surface area contributed by atoms with Gasteiger partial charge in [-0.25, -0.2) is 4.68 Å². The van der Waals surface area contributed by atoms with E-state index >= 15 is 0 Å². The van der Waals surface area contributed by atoms with Crippen LogP contribution in [0.2, 0.25) is 0 Å². The van der Waals surface area contributed by atoms with Crippen LogP contribution in [-0.4, -0.2) is 33.6 Å². The number of thioether (sulfide) groups is 1. The lowest BCUT2D eigenvalue weighted by molar-refractivity contribution is -0.115. The van der Waals surface area contributed by atoms with Crippen molar-refractivity contribution in [1.82, 2.24) is 14.9 Å². The van der Waals surface area contributed by atoms with Gasteiger partial charge in [-0.2, -0.15) is 0 Å². The fourth-order valence-electron chi connectivity index (χ4n) is 4.05. The van der Waals surface area contributed by atoms with Gasteiger partial charge in [0.2, 0.25) is 11.1 Å². The van der Waals surface area contributed by atoms with Crippen LogP contribution >= 0.6 is 11.8 Å². The van der Waals surface area contributed by atoms with E-state index in [4.69, 9.17) is 10.6 Å². The number of nitrogens with zero attached hydrogens (tertiary/aromatic N) is 4. The van der Waals surface area contributed by atoms with Crippen LogP contribution in [0, 0.1) is 0 Å². The van der Waals surface area contributed by atoms with Crippen LogP contribution in [0.5, 0.6) is 5.75 Å². The number of methoxy groups -OCH3 is 1. The highest BCUT2D eigenvalue weighted by atomic mass is 32.2. The lowest BCUT2D eigenvalue weighted by atomic mass is 10.0. The van der Waals surface area contributed by atoms with E-state index in [2.05, 4.69) is 22.3 Å². The first-order valence-electron chi connectivity index (χ1n) is 10.6. The van der Waals surface area contributed by atoms with E-state index in [0.29, 0.717) is 11.0 Å². The molecule has 0 atom stereocenters. The minimum atomic E-state index is -0.0317. The lowest BCUT2D eigenvalue weighted by Crippen LogP contribution is -2.28. The predicted octanol–water partition coefficient (Wildman–Crippen LogP) is 4.22. The van der Waals surface area contributed by atoms with Gasteiger partial charge in [-0.05, 0) is 60.4 Å². The normalized spacial score (nSPS) is 12.6. The molecule has 2 heterocycles. The zero-order valence-corrected chi connectivity index (χ0v) is 19.0. The number of carbonyl (C=O) groups excluding carboxylic acids is 1. The maximum absolute atomic E-state index is 13.5. The second-order valence-corrected chi connectivity index (χ2v) is 8.62. The molecule has 2 N–H and O–H groups in total. The van der Waals surface area contributed by atoms with Crippen LogP contribution < -0.4 is 15.5 Å². The Hall–Kier alpha value is -3.78. The van der Waals surface area contributed by atoms with Gasteiger partial charge in [0.15, 0.2) is 5.82 Å². The van der Waals surface area contributed by atoms with E-state index in [1.807, 2.05) is 65.6 Å². The third-order valence-electron chi connectivity index (χ3n) is 5.72. The van der Waals surface area contributed by atoms with Gasteiger partial charge in [-0.15, -0.1) is 10.2 Å². The van der Waals surface area contributed by atoms with Crippen molar-refractivity contribution in [2.45, 2.75) is 18.0 Å². The molecule has 0 saturated heterocycles. The Labute approximate surface area is 196 Å². The summed E-state index contributed by atoms with van der Waals surface area (Å²) < 4.78 is 6.62. The highest BCUT2D eigenvalue weighted by molar-refractivity contribution is 7.99. The van der Waals surface area contributed by atoms with Crippen LogP contribution in [0.25, 0.3) is 11.4 Å². The van der Waals surface area contributed by atoms with Crippen molar-refractivity contribution >= 4 is 29.0 Å². The van der Waals surface area contributed by atoms with Gasteiger partial charge in [0.05, 0.1) is 24.2 Å². The number of amides is 1. The summed E-state index contributed by atoms with van der Waals surface area (Å²) in [7, 11) is 1.62. The molecule has 8 heteroatoms. The fourth-order valence-corrected chi connectivity index (χ4v) is 4.76. The van der Waals surface area contributed by atoms with Gasteiger partial charge in [0.1, 0.15) is 5.75 Å². The van der Waals surface area contributed by atoms with E-state index in [1.54, 1.807) is 7.11 Å². The van der Waals surface area contributed by atoms with Crippen molar-refractivity contribution in [3.8, 4) is 17.1 Å². The number of ether oxygens (including phenoxy) is 1.